The van der Waals surface area contributed by atoms with Gasteiger partial charge >= 0.3 is 5.97 Å². The summed E-state index contributed by atoms with van der Waals surface area (Å²) in [5.41, 5.74) is 2.38. The van der Waals surface area contributed by atoms with Crippen molar-refractivity contribution < 1.29 is 9.90 Å². The fourth-order valence-electron chi connectivity index (χ4n) is 2.57. The minimum Gasteiger partial charge on any atom is -0.481 e. The van der Waals surface area contributed by atoms with Gasteiger partial charge in [0.15, 0.2) is 0 Å². The van der Waals surface area contributed by atoms with Gasteiger partial charge in [0, 0.05) is 23.5 Å². The van der Waals surface area contributed by atoms with Crippen LogP contribution in [0.1, 0.15) is 25.3 Å². The Labute approximate surface area is 119 Å². The molecule has 19 heavy (non-hydrogen) atoms. The number of aryl methyl sites for hydroxylation is 1. The van der Waals surface area contributed by atoms with Gasteiger partial charge in [0.2, 0.25) is 0 Å². The number of rotatable bonds is 5. The highest BCUT2D eigenvalue weighted by molar-refractivity contribution is 8.00. The lowest BCUT2D eigenvalue weighted by atomic mass is 10.1. The van der Waals surface area contributed by atoms with E-state index in [0.717, 1.165) is 12.1 Å². The van der Waals surface area contributed by atoms with Crippen molar-refractivity contribution in [3.05, 3.63) is 29.8 Å². The zero-order valence-corrected chi connectivity index (χ0v) is 12.3. The van der Waals surface area contributed by atoms with Gasteiger partial charge in [-0.1, -0.05) is 24.6 Å². The van der Waals surface area contributed by atoms with E-state index in [4.69, 9.17) is 5.11 Å². The number of carboxylic acid groups (broad SMARTS) is 1. The van der Waals surface area contributed by atoms with E-state index in [-0.39, 0.29) is 6.42 Å². The van der Waals surface area contributed by atoms with Crippen molar-refractivity contribution in [3.8, 4) is 0 Å². The minimum atomic E-state index is -0.726. The molecule has 1 N–H and O–H groups in total. The number of aliphatic carboxylic acids is 1. The van der Waals surface area contributed by atoms with Crippen LogP contribution in [-0.4, -0.2) is 34.7 Å². The molecule has 2 unspecified atom stereocenters. The summed E-state index contributed by atoms with van der Waals surface area (Å²) < 4.78 is 0. The summed E-state index contributed by atoms with van der Waals surface area (Å²) in [5, 5.41) is 9.50. The van der Waals surface area contributed by atoms with Gasteiger partial charge in [-0.15, -0.1) is 0 Å². The van der Waals surface area contributed by atoms with Crippen molar-refractivity contribution in [2.24, 2.45) is 0 Å². The van der Waals surface area contributed by atoms with Crippen molar-refractivity contribution in [3.63, 3.8) is 0 Å². The topological polar surface area (TPSA) is 40.5 Å². The van der Waals surface area contributed by atoms with Crippen molar-refractivity contribution in [1.29, 1.82) is 0 Å². The predicted molar refractivity (Wildman–Crippen MR) is 81.1 cm³/mol. The molecular formula is C15H21NO2S. The van der Waals surface area contributed by atoms with Crippen LogP contribution >= 0.6 is 11.8 Å². The van der Waals surface area contributed by atoms with Gasteiger partial charge in [0.1, 0.15) is 0 Å². The van der Waals surface area contributed by atoms with Crippen LogP contribution in [0.5, 0.6) is 0 Å². The fourth-order valence-corrected chi connectivity index (χ4v) is 3.82. The third-order valence-corrected chi connectivity index (χ3v) is 4.98. The zero-order valence-electron chi connectivity index (χ0n) is 11.5. The monoisotopic (exact) mass is 279 g/mol. The van der Waals surface area contributed by atoms with Gasteiger partial charge < -0.3 is 10.0 Å². The maximum absolute atomic E-state index is 10.9. The molecule has 1 heterocycles. The molecule has 1 saturated heterocycles. The molecule has 0 spiro atoms. The van der Waals surface area contributed by atoms with Gasteiger partial charge in [-0.05, 0) is 31.2 Å². The van der Waals surface area contributed by atoms with E-state index in [1.807, 2.05) is 11.8 Å². The lowest BCUT2D eigenvalue weighted by molar-refractivity contribution is -0.136. The Morgan fingerprint density at radius 3 is 2.63 bits per heavy atom. The molecule has 0 radical (unpaired) electrons. The molecule has 1 aromatic carbocycles. The van der Waals surface area contributed by atoms with E-state index in [1.165, 1.54) is 11.3 Å². The van der Waals surface area contributed by atoms with Crippen LogP contribution in [0.4, 0.5) is 5.69 Å². The Bertz CT molecular complexity index is 432. The minimum absolute atomic E-state index is 0.196. The molecule has 0 bridgehead atoms. The number of carbonyl (C=O) groups is 1. The second-order valence-corrected chi connectivity index (χ2v) is 6.59. The van der Waals surface area contributed by atoms with Gasteiger partial charge in [-0.3, -0.25) is 4.79 Å². The molecule has 1 aliphatic heterocycles. The van der Waals surface area contributed by atoms with Gasteiger partial charge in [0.25, 0.3) is 0 Å². The summed E-state index contributed by atoms with van der Waals surface area (Å²) in [6, 6.07) is 8.85. The molecule has 1 aromatic rings. The van der Waals surface area contributed by atoms with E-state index in [0.29, 0.717) is 17.8 Å². The number of thioether (sulfide) groups is 1. The standard InChI is InChI=1S/C15H21NO2S/c1-11-3-5-13(6-4-11)16(9-7-15(17)18)14-8-10-19-12(14)2/h3-6,12,14H,7-10H2,1-2H3,(H,17,18). The van der Waals surface area contributed by atoms with Crippen LogP contribution in [0.25, 0.3) is 0 Å². The first-order chi connectivity index (χ1) is 9.08. The molecule has 2 atom stereocenters. The molecule has 0 saturated carbocycles. The first-order valence-corrected chi connectivity index (χ1v) is 7.79. The maximum Gasteiger partial charge on any atom is 0.305 e. The number of carboxylic acids is 1. The summed E-state index contributed by atoms with van der Waals surface area (Å²) in [6.07, 6.45) is 1.33. The zero-order chi connectivity index (χ0) is 13.8. The van der Waals surface area contributed by atoms with Crippen LogP contribution in [0.3, 0.4) is 0 Å². The lowest BCUT2D eigenvalue weighted by Gasteiger charge is -2.33. The van der Waals surface area contributed by atoms with E-state index in [9.17, 15) is 4.79 Å². The van der Waals surface area contributed by atoms with Crippen LogP contribution < -0.4 is 4.90 Å². The van der Waals surface area contributed by atoms with Crippen molar-refractivity contribution in [2.75, 3.05) is 17.2 Å². The van der Waals surface area contributed by atoms with E-state index >= 15 is 0 Å². The average molecular weight is 279 g/mol. The van der Waals surface area contributed by atoms with Crippen LogP contribution in [0.2, 0.25) is 0 Å². The molecule has 104 valence electrons. The highest BCUT2D eigenvalue weighted by Gasteiger charge is 2.30. The first-order valence-electron chi connectivity index (χ1n) is 6.74. The molecule has 4 heteroatoms. The van der Waals surface area contributed by atoms with E-state index in [1.54, 1.807) is 0 Å². The molecule has 2 rings (SSSR count). The second-order valence-electron chi connectivity index (χ2n) is 5.10. The normalized spacial score (nSPS) is 22.4. The molecule has 0 aliphatic carbocycles. The van der Waals surface area contributed by atoms with Crippen molar-refractivity contribution in [1.82, 2.24) is 0 Å². The molecule has 0 aromatic heterocycles. The summed E-state index contributed by atoms with van der Waals surface area (Å²) in [6.45, 7) is 4.90. The number of hydrogen-bond donors (Lipinski definition) is 1. The molecule has 1 aliphatic rings. The molecule has 0 amide bonds. The van der Waals surface area contributed by atoms with Gasteiger partial charge in [-0.25, -0.2) is 0 Å². The molecule has 3 nitrogen and oxygen atoms in total. The SMILES string of the molecule is Cc1ccc(N(CCC(=O)O)C2CCSC2C)cc1. The molecular weight excluding hydrogens is 258 g/mol. The quantitative estimate of drug-likeness (QED) is 0.899. The highest BCUT2D eigenvalue weighted by atomic mass is 32.2. The molecule has 1 fully saturated rings. The third kappa shape index (κ3) is 3.66. The predicted octanol–water partition coefficient (Wildman–Crippen LogP) is 3.17. The van der Waals surface area contributed by atoms with Crippen molar-refractivity contribution >= 4 is 23.4 Å². The summed E-state index contributed by atoms with van der Waals surface area (Å²) in [5.74, 6) is 0.441. The van der Waals surface area contributed by atoms with Crippen molar-refractivity contribution in [2.45, 2.75) is 38.0 Å². The Morgan fingerprint density at radius 2 is 2.11 bits per heavy atom. The largest absolute Gasteiger partial charge is 0.481 e. The highest BCUT2D eigenvalue weighted by Crippen LogP contribution is 2.33. The number of hydrogen-bond acceptors (Lipinski definition) is 3. The first kappa shape index (κ1) is 14.3. The Hall–Kier alpha value is -1.16. The van der Waals surface area contributed by atoms with E-state index in [2.05, 4.69) is 43.0 Å². The van der Waals surface area contributed by atoms with Crippen LogP contribution in [0, 0.1) is 6.92 Å². The van der Waals surface area contributed by atoms with Crippen LogP contribution in [-0.2, 0) is 4.79 Å². The summed E-state index contributed by atoms with van der Waals surface area (Å²) in [7, 11) is 0. The average Bonchev–Trinajstić information content (AvgIpc) is 2.78. The number of anilines is 1. The number of benzene rings is 1. The smallest absolute Gasteiger partial charge is 0.305 e. The second kappa shape index (κ2) is 6.33. The Kier molecular flexibility index (Phi) is 4.75. The fraction of sp³-hybridized carbons (Fsp3) is 0.533. The maximum atomic E-state index is 10.9. The lowest BCUT2D eigenvalue weighted by Crippen LogP contribution is -2.40. The Balaban J connectivity index is 2.17. The third-order valence-electron chi connectivity index (χ3n) is 3.67. The summed E-state index contributed by atoms with van der Waals surface area (Å²) >= 11 is 1.98. The van der Waals surface area contributed by atoms with Crippen LogP contribution in [0.15, 0.2) is 24.3 Å². The summed E-state index contributed by atoms with van der Waals surface area (Å²) in [4.78, 5) is 13.1. The van der Waals surface area contributed by atoms with E-state index < -0.39 is 5.97 Å². The van der Waals surface area contributed by atoms with Gasteiger partial charge in [0.05, 0.1) is 6.42 Å². The van der Waals surface area contributed by atoms with Gasteiger partial charge in [-0.2, -0.15) is 11.8 Å². The number of nitrogens with zero attached hydrogens (tertiary/aromatic N) is 1. The Morgan fingerprint density at radius 1 is 1.42 bits per heavy atom.